The van der Waals surface area contributed by atoms with Crippen molar-refractivity contribution >= 4 is 21.8 Å². The maximum Gasteiger partial charge on any atom is 0.228 e. The molecule has 1 amide bonds. The molecule has 0 saturated carbocycles. The van der Waals surface area contributed by atoms with E-state index in [1.54, 1.807) is 0 Å². The maximum absolute atomic E-state index is 12.5. The van der Waals surface area contributed by atoms with Crippen LogP contribution < -0.4 is 0 Å². The smallest absolute Gasteiger partial charge is 0.228 e. The number of hydrogen-bond donors (Lipinski definition) is 0. The number of nitrogens with zero attached hydrogens (tertiary/aromatic N) is 3. The lowest BCUT2D eigenvalue weighted by Crippen LogP contribution is -2.48. The highest BCUT2D eigenvalue weighted by Crippen LogP contribution is 2.25. The third-order valence-electron chi connectivity index (χ3n) is 4.46. The molecule has 0 bridgehead atoms. The summed E-state index contributed by atoms with van der Waals surface area (Å²) in [5, 5.41) is 0. The van der Waals surface area contributed by atoms with E-state index in [2.05, 4.69) is 32.7 Å². The molecule has 0 spiro atoms. The topological polar surface area (TPSA) is 49.6 Å². The molecule has 1 aliphatic heterocycles. The second-order valence-electron chi connectivity index (χ2n) is 6.02. The minimum Gasteiger partial charge on any atom is -0.441 e. The van der Waals surface area contributed by atoms with E-state index in [0.29, 0.717) is 18.1 Å². The van der Waals surface area contributed by atoms with E-state index in [4.69, 9.17) is 4.42 Å². The summed E-state index contributed by atoms with van der Waals surface area (Å²) in [5.41, 5.74) is 1.63. The summed E-state index contributed by atoms with van der Waals surface area (Å²) in [4.78, 5) is 21.4. The van der Waals surface area contributed by atoms with Gasteiger partial charge in [-0.1, -0.05) is 28.9 Å². The van der Waals surface area contributed by atoms with Crippen LogP contribution in [-0.4, -0.2) is 53.4 Å². The Morgan fingerprint density at radius 3 is 2.71 bits per heavy atom. The molecule has 1 aromatic heterocycles. The predicted octanol–water partition coefficient (Wildman–Crippen LogP) is 3.12. The second-order valence-corrected chi connectivity index (χ2v) is 6.94. The van der Waals surface area contributed by atoms with Gasteiger partial charge in [0.05, 0.1) is 12.1 Å². The van der Waals surface area contributed by atoms with Crippen molar-refractivity contribution in [2.45, 2.75) is 20.3 Å². The third kappa shape index (κ3) is 3.87. The van der Waals surface area contributed by atoms with Crippen LogP contribution in [0, 0.1) is 6.92 Å². The van der Waals surface area contributed by atoms with Crippen molar-refractivity contribution in [1.29, 1.82) is 0 Å². The standard InChI is InChI=1S/C18H22BrN3O2/c1-3-21-7-9-22(10-8-21)17(23)12-16-13(2)24-18(20-16)14-5-4-6-15(19)11-14/h4-6,11H,3,7-10,12H2,1-2H3. The van der Waals surface area contributed by atoms with Crippen molar-refractivity contribution in [2.24, 2.45) is 0 Å². The number of piperazine rings is 1. The first-order valence-electron chi connectivity index (χ1n) is 8.29. The maximum atomic E-state index is 12.5. The lowest BCUT2D eigenvalue weighted by atomic mass is 10.2. The zero-order valence-electron chi connectivity index (χ0n) is 14.1. The average Bonchev–Trinajstić information content (AvgIpc) is 2.96. The van der Waals surface area contributed by atoms with Gasteiger partial charge in [0.15, 0.2) is 0 Å². The second kappa shape index (κ2) is 7.49. The van der Waals surface area contributed by atoms with E-state index < -0.39 is 0 Å². The number of carbonyl (C=O) groups excluding carboxylic acids is 1. The van der Waals surface area contributed by atoms with Crippen molar-refractivity contribution in [3.05, 3.63) is 40.2 Å². The van der Waals surface area contributed by atoms with Crippen molar-refractivity contribution < 1.29 is 9.21 Å². The first-order valence-corrected chi connectivity index (χ1v) is 9.08. The molecule has 2 aromatic rings. The molecule has 1 saturated heterocycles. The van der Waals surface area contributed by atoms with Crippen LogP contribution in [0.4, 0.5) is 0 Å². The molecule has 0 N–H and O–H groups in total. The van der Waals surface area contributed by atoms with Crippen molar-refractivity contribution in [3.63, 3.8) is 0 Å². The van der Waals surface area contributed by atoms with E-state index in [9.17, 15) is 4.79 Å². The Labute approximate surface area is 150 Å². The van der Waals surface area contributed by atoms with Gasteiger partial charge in [0, 0.05) is 36.2 Å². The van der Waals surface area contributed by atoms with Gasteiger partial charge in [-0.2, -0.15) is 0 Å². The molecule has 1 aromatic carbocycles. The van der Waals surface area contributed by atoms with E-state index in [0.717, 1.165) is 48.5 Å². The highest BCUT2D eigenvalue weighted by Gasteiger charge is 2.22. The Morgan fingerprint density at radius 1 is 1.29 bits per heavy atom. The van der Waals surface area contributed by atoms with Gasteiger partial charge < -0.3 is 14.2 Å². The number of hydrogen-bond acceptors (Lipinski definition) is 4. The van der Waals surface area contributed by atoms with Crippen LogP contribution in [0.1, 0.15) is 18.4 Å². The molecule has 1 fully saturated rings. The number of aryl methyl sites for hydroxylation is 1. The quantitative estimate of drug-likeness (QED) is 0.803. The van der Waals surface area contributed by atoms with Crippen molar-refractivity contribution in [3.8, 4) is 11.5 Å². The first kappa shape index (κ1) is 17.2. The van der Waals surface area contributed by atoms with Crippen LogP contribution >= 0.6 is 15.9 Å². The Morgan fingerprint density at radius 2 is 2.04 bits per heavy atom. The summed E-state index contributed by atoms with van der Waals surface area (Å²) in [7, 11) is 0. The molecule has 24 heavy (non-hydrogen) atoms. The molecule has 1 aliphatic rings. The molecule has 0 atom stereocenters. The molecule has 0 aliphatic carbocycles. The highest BCUT2D eigenvalue weighted by atomic mass is 79.9. The van der Waals surface area contributed by atoms with Gasteiger partial charge in [0.25, 0.3) is 0 Å². The fourth-order valence-electron chi connectivity index (χ4n) is 2.91. The van der Waals surface area contributed by atoms with Gasteiger partial charge in [-0.05, 0) is 31.7 Å². The fourth-order valence-corrected chi connectivity index (χ4v) is 3.30. The number of aromatic nitrogens is 1. The Kier molecular flexibility index (Phi) is 5.36. The summed E-state index contributed by atoms with van der Waals surface area (Å²) in [6.45, 7) is 8.54. The van der Waals surface area contributed by atoms with Gasteiger partial charge in [-0.3, -0.25) is 4.79 Å². The first-order chi connectivity index (χ1) is 11.6. The van der Waals surface area contributed by atoms with E-state index in [1.807, 2.05) is 36.1 Å². The predicted molar refractivity (Wildman–Crippen MR) is 96.8 cm³/mol. The number of amides is 1. The minimum absolute atomic E-state index is 0.128. The van der Waals surface area contributed by atoms with Gasteiger partial charge in [0.1, 0.15) is 5.76 Å². The molecule has 5 nitrogen and oxygen atoms in total. The van der Waals surface area contributed by atoms with Crippen LogP contribution in [-0.2, 0) is 11.2 Å². The van der Waals surface area contributed by atoms with E-state index in [1.165, 1.54) is 0 Å². The molecular weight excluding hydrogens is 370 g/mol. The minimum atomic E-state index is 0.128. The largest absolute Gasteiger partial charge is 0.441 e. The Bertz CT molecular complexity index is 721. The summed E-state index contributed by atoms with van der Waals surface area (Å²) >= 11 is 3.45. The molecule has 0 radical (unpaired) electrons. The number of rotatable bonds is 4. The number of halogens is 1. The summed E-state index contributed by atoms with van der Waals surface area (Å²) in [5.74, 6) is 1.40. The summed E-state index contributed by atoms with van der Waals surface area (Å²) in [6.07, 6.45) is 0.301. The van der Waals surface area contributed by atoms with Crippen molar-refractivity contribution in [2.75, 3.05) is 32.7 Å². The average molecular weight is 392 g/mol. The molecular formula is C18H22BrN3O2. The van der Waals surface area contributed by atoms with Crippen LogP contribution in [0.2, 0.25) is 0 Å². The van der Waals surface area contributed by atoms with Gasteiger partial charge in [-0.15, -0.1) is 0 Å². The fraction of sp³-hybridized carbons (Fsp3) is 0.444. The monoisotopic (exact) mass is 391 g/mol. The molecule has 2 heterocycles. The SMILES string of the molecule is CCN1CCN(C(=O)Cc2nc(-c3cccc(Br)c3)oc2C)CC1. The van der Waals surface area contributed by atoms with Gasteiger partial charge >= 0.3 is 0 Å². The third-order valence-corrected chi connectivity index (χ3v) is 4.95. The van der Waals surface area contributed by atoms with Crippen molar-refractivity contribution in [1.82, 2.24) is 14.8 Å². The lowest BCUT2D eigenvalue weighted by Gasteiger charge is -2.34. The summed E-state index contributed by atoms with van der Waals surface area (Å²) < 4.78 is 6.74. The van der Waals surface area contributed by atoms with Gasteiger partial charge in [-0.25, -0.2) is 4.98 Å². The van der Waals surface area contributed by atoms with E-state index >= 15 is 0 Å². The Balaban J connectivity index is 1.68. The normalized spacial score (nSPS) is 15.7. The lowest BCUT2D eigenvalue weighted by molar-refractivity contribution is -0.132. The molecule has 3 rings (SSSR count). The molecule has 128 valence electrons. The number of likely N-dealkylation sites (N-methyl/N-ethyl adjacent to an activating group) is 1. The van der Waals surface area contributed by atoms with Crippen LogP contribution in [0.3, 0.4) is 0 Å². The van der Waals surface area contributed by atoms with Crippen LogP contribution in [0.15, 0.2) is 33.2 Å². The zero-order valence-corrected chi connectivity index (χ0v) is 15.7. The number of benzene rings is 1. The molecule has 0 unspecified atom stereocenters. The summed E-state index contributed by atoms with van der Waals surface area (Å²) in [6, 6.07) is 7.81. The van der Waals surface area contributed by atoms with E-state index in [-0.39, 0.29) is 5.91 Å². The number of carbonyl (C=O) groups is 1. The van der Waals surface area contributed by atoms with Crippen LogP contribution in [0.25, 0.3) is 11.5 Å². The van der Waals surface area contributed by atoms with Gasteiger partial charge in [0.2, 0.25) is 11.8 Å². The zero-order chi connectivity index (χ0) is 17.1. The number of oxazole rings is 1. The molecule has 6 heteroatoms. The highest BCUT2D eigenvalue weighted by molar-refractivity contribution is 9.10. The Hall–Kier alpha value is -1.66. The van der Waals surface area contributed by atoms with Crippen LogP contribution in [0.5, 0.6) is 0 Å².